The molecule has 5 heteroatoms. The lowest BCUT2D eigenvalue weighted by Crippen LogP contribution is -2.15. The number of nitrogens with zero attached hydrogens (tertiary/aromatic N) is 2. The van der Waals surface area contributed by atoms with Crippen LogP contribution in [0.15, 0.2) is 3.92 Å². The average Bonchev–Trinajstić information content (AvgIpc) is 2.77. The molecule has 13 heavy (non-hydrogen) atoms. The maximum Gasteiger partial charge on any atom is 0.179 e. The molecule has 0 amide bonds. The van der Waals surface area contributed by atoms with Gasteiger partial charge < -0.3 is 4.74 Å². The second-order valence-corrected chi connectivity index (χ2v) is 5.65. The number of fused-ring (bicyclic) bond motifs is 2. The minimum absolute atomic E-state index is 0.395. The maximum atomic E-state index is 5.76. The predicted molar refractivity (Wildman–Crippen MR) is 52.9 cm³/mol. The molecular weight excluding hydrogens is 252 g/mol. The molecule has 3 nitrogen and oxygen atoms in total. The highest BCUT2D eigenvalue weighted by Gasteiger charge is 2.43. The molecule has 3 rings (SSSR count). The van der Waals surface area contributed by atoms with Crippen molar-refractivity contribution < 1.29 is 4.74 Å². The lowest BCUT2D eigenvalue weighted by Gasteiger charge is -2.14. The summed E-state index contributed by atoms with van der Waals surface area (Å²) in [6, 6.07) is 0. The molecule has 70 valence electrons. The molecule has 3 unspecified atom stereocenters. The van der Waals surface area contributed by atoms with E-state index < -0.39 is 0 Å². The van der Waals surface area contributed by atoms with Gasteiger partial charge in [-0.05, 0) is 46.7 Å². The molecule has 2 saturated heterocycles. The van der Waals surface area contributed by atoms with Gasteiger partial charge in [0.15, 0.2) is 3.92 Å². The summed E-state index contributed by atoms with van der Waals surface area (Å²) >= 11 is 4.75. The highest BCUT2D eigenvalue weighted by Crippen LogP contribution is 2.43. The molecular formula is C8H9BrN2OS. The molecule has 0 spiro atoms. The minimum atomic E-state index is 0.395. The van der Waals surface area contributed by atoms with Crippen molar-refractivity contribution in [1.82, 2.24) is 9.36 Å². The van der Waals surface area contributed by atoms with E-state index in [9.17, 15) is 0 Å². The van der Waals surface area contributed by atoms with E-state index in [0.717, 1.165) is 16.2 Å². The van der Waals surface area contributed by atoms with Crippen LogP contribution in [0.2, 0.25) is 0 Å². The van der Waals surface area contributed by atoms with E-state index in [-0.39, 0.29) is 0 Å². The largest absolute Gasteiger partial charge is 0.374 e. The monoisotopic (exact) mass is 260 g/mol. The number of hydrogen-bond acceptors (Lipinski definition) is 4. The Balaban J connectivity index is 1.87. The third kappa shape index (κ3) is 1.33. The van der Waals surface area contributed by atoms with Gasteiger partial charge in [0.05, 0.1) is 12.2 Å². The second-order valence-electron chi connectivity index (χ2n) is 3.62. The molecule has 0 saturated carbocycles. The number of halogens is 1. The first-order chi connectivity index (χ1) is 6.33. The SMILES string of the molecule is Brc1nc(C2CC3CCC2O3)ns1. The van der Waals surface area contributed by atoms with Crippen LogP contribution in [0.25, 0.3) is 0 Å². The normalized spacial score (nSPS) is 37.2. The van der Waals surface area contributed by atoms with Crippen LogP contribution in [0, 0.1) is 0 Å². The highest BCUT2D eigenvalue weighted by molar-refractivity contribution is 9.11. The summed E-state index contributed by atoms with van der Waals surface area (Å²) < 4.78 is 11.0. The van der Waals surface area contributed by atoms with E-state index in [2.05, 4.69) is 25.3 Å². The molecule has 1 aromatic heterocycles. The summed E-state index contributed by atoms with van der Waals surface area (Å²) in [5.41, 5.74) is 0. The van der Waals surface area contributed by atoms with E-state index in [1.165, 1.54) is 24.4 Å². The zero-order chi connectivity index (χ0) is 8.84. The van der Waals surface area contributed by atoms with Gasteiger partial charge >= 0.3 is 0 Å². The Hall–Kier alpha value is -0.0000000000000000555. The standard InChI is InChI=1S/C8H9BrN2OS/c9-8-10-7(11-13-8)5-3-4-1-2-6(5)12-4/h4-6H,1-3H2. The molecule has 0 aliphatic carbocycles. The van der Waals surface area contributed by atoms with E-state index in [1.807, 2.05) is 0 Å². The Morgan fingerprint density at radius 2 is 2.38 bits per heavy atom. The summed E-state index contributed by atoms with van der Waals surface area (Å²) in [6.45, 7) is 0. The first kappa shape index (κ1) is 8.32. The van der Waals surface area contributed by atoms with Crippen LogP contribution in [0.4, 0.5) is 0 Å². The Labute approximate surface area is 88.8 Å². The van der Waals surface area contributed by atoms with Crippen molar-refractivity contribution in [3.05, 3.63) is 9.74 Å². The van der Waals surface area contributed by atoms with Crippen LogP contribution in [0.5, 0.6) is 0 Å². The van der Waals surface area contributed by atoms with Gasteiger partial charge in [-0.25, -0.2) is 4.98 Å². The summed E-state index contributed by atoms with van der Waals surface area (Å²) in [5.74, 6) is 1.44. The third-order valence-electron chi connectivity index (χ3n) is 2.85. The molecule has 0 aromatic carbocycles. The quantitative estimate of drug-likeness (QED) is 0.778. The van der Waals surface area contributed by atoms with Crippen molar-refractivity contribution in [2.24, 2.45) is 0 Å². The number of aromatic nitrogens is 2. The zero-order valence-electron chi connectivity index (χ0n) is 6.94. The van der Waals surface area contributed by atoms with Crippen molar-refractivity contribution in [1.29, 1.82) is 0 Å². The third-order valence-corrected chi connectivity index (χ3v) is 3.99. The minimum Gasteiger partial charge on any atom is -0.374 e. The average molecular weight is 261 g/mol. The Morgan fingerprint density at radius 3 is 2.92 bits per heavy atom. The maximum absolute atomic E-state index is 5.76. The summed E-state index contributed by atoms with van der Waals surface area (Å²) in [6.07, 6.45) is 4.41. The van der Waals surface area contributed by atoms with Gasteiger partial charge in [-0.3, -0.25) is 0 Å². The smallest absolute Gasteiger partial charge is 0.179 e. The highest BCUT2D eigenvalue weighted by atomic mass is 79.9. The van der Waals surface area contributed by atoms with E-state index in [0.29, 0.717) is 18.1 Å². The number of hydrogen-bond donors (Lipinski definition) is 0. The van der Waals surface area contributed by atoms with Gasteiger partial charge in [0.25, 0.3) is 0 Å². The van der Waals surface area contributed by atoms with Crippen LogP contribution in [-0.2, 0) is 4.74 Å². The number of rotatable bonds is 1. The van der Waals surface area contributed by atoms with Crippen molar-refractivity contribution >= 4 is 27.5 Å². The summed E-state index contributed by atoms with van der Waals surface area (Å²) in [4.78, 5) is 4.36. The molecule has 0 radical (unpaired) electrons. The Morgan fingerprint density at radius 1 is 1.46 bits per heavy atom. The fourth-order valence-corrected chi connectivity index (χ4v) is 3.15. The molecule has 2 fully saturated rings. The lowest BCUT2D eigenvalue weighted by molar-refractivity contribution is 0.0999. The van der Waals surface area contributed by atoms with Crippen LogP contribution in [0.3, 0.4) is 0 Å². The molecule has 1 aromatic rings. The molecule has 2 aliphatic rings. The topological polar surface area (TPSA) is 35.0 Å². The van der Waals surface area contributed by atoms with Gasteiger partial charge in [-0.1, -0.05) is 0 Å². The van der Waals surface area contributed by atoms with Crippen molar-refractivity contribution in [3.63, 3.8) is 0 Å². The van der Waals surface area contributed by atoms with Gasteiger partial charge in [0.2, 0.25) is 0 Å². The fourth-order valence-electron chi connectivity index (χ4n) is 2.28. The zero-order valence-corrected chi connectivity index (χ0v) is 9.34. The predicted octanol–water partition coefficient (Wildman–Crippen LogP) is 2.34. The van der Waals surface area contributed by atoms with Crippen molar-refractivity contribution in [2.45, 2.75) is 37.4 Å². The van der Waals surface area contributed by atoms with E-state index in [1.54, 1.807) is 0 Å². The van der Waals surface area contributed by atoms with E-state index in [4.69, 9.17) is 4.74 Å². The molecule has 2 bridgehead atoms. The molecule has 3 heterocycles. The van der Waals surface area contributed by atoms with E-state index >= 15 is 0 Å². The first-order valence-electron chi connectivity index (χ1n) is 4.47. The van der Waals surface area contributed by atoms with Crippen molar-refractivity contribution in [2.75, 3.05) is 0 Å². The van der Waals surface area contributed by atoms with Gasteiger partial charge in [-0.15, -0.1) is 0 Å². The second kappa shape index (κ2) is 3.00. The molecule has 2 aliphatic heterocycles. The van der Waals surface area contributed by atoms with Crippen LogP contribution < -0.4 is 0 Å². The summed E-state index contributed by atoms with van der Waals surface area (Å²) in [5, 5.41) is 0. The van der Waals surface area contributed by atoms with Crippen LogP contribution in [0.1, 0.15) is 31.0 Å². The number of ether oxygens (including phenoxy) is 1. The molecule has 0 N–H and O–H groups in total. The Kier molecular flexibility index (Phi) is 1.92. The Bertz CT molecular complexity index is 330. The van der Waals surface area contributed by atoms with Crippen molar-refractivity contribution in [3.8, 4) is 0 Å². The van der Waals surface area contributed by atoms with Gasteiger partial charge in [-0.2, -0.15) is 4.37 Å². The fraction of sp³-hybridized carbons (Fsp3) is 0.750. The van der Waals surface area contributed by atoms with Gasteiger partial charge in [0, 0.05) is 5.92 Å². The summed E-state index contributed by atoms with van der Waals surface area (Å²) in [7, 11) is 0. The molecule has 3 atom stereocenters. The van der Waals surface area contributed by atoms with Crippen LogP contribution >= 0.6 is 27.5 Å². The van der Waals surface area contributed by atoms with Gasteiger partial charge in [0.1, 0.15) is 5.82 Å². The lowest BCUT2D eigenvalue weighted by atomic mass is 9.89. The first-order valence-corrected chi connectivity index (χ1v) is 6.04. The van der Waals surface area contributed by atoms with Crippen LogP contribution in [-0.4, -0.2) is 21.6 Å².